The van der Waals surface area contributed by atoms with Gasteiger partial charge in [-0.05, 0) is 35.6 Å². The van der Waals surface area contributed by atoms with Gasteiger partial charge in [0, 0.05) is 13.0 Å². The molecule has 128 valence electrons. The fourth-order valence-electron chi connectivity index (χ4n) is 2.44. The summed E-state index contributed by atoms with van der Waals surface area (Å²) in [5, 5.41) is 7.95. The van der Waals surface area contributed by atoms with E-state index in [0.717, 1.165) is 11.1 Å². The van der Waals surface area contributed by atoms with Gasteiger partial charge in [-0.15, -0.1) is 0 Å². The van der Waals surface area contributed by atoms with Crippen LogP contribution in [0.3, 0.4) is 0 Å². The van der Waals surface area contributed by atoms with Gasteiger partial charge in [0.05, 0.1) is 4.90 Å². The number of primary sulfonamides is 1. The third-order valence-corrected chi connectivity index (χ3v) is 4.78. The number of carbonyl (C=O) groups excluding carboxylic acids is 1. The number of nitrogens with two attached hydrogens (primary N) is 1. The molecule has 0 aromatic heterocycles. The molecule has 0 bridgehead atoms. The van der Waals surface area contributed by atoms with Gasteiger partial charge in [-0.25, -0.2) is 13.6 Å². The van der Waals surface area contributed by atoms with Crippen LogP contribution in [0.1, 0.15) is 30.4 Å². The van der Waals surface area contributed by atoms with Gasteiger partial charge < -0.3 is 5.32 Å². The third-order valence-electron chi connectivity index (χ3n) is 3.85. The second-order valence-corrected chi connectivity index (χ2v) is 7.37. The molecule has 0 fully saturated rings. The molecule has 0 aliphatic carbocycles. The summed E-state index contributed by atoms with van der Waals surface area (Å²) >= 11 is 0. The quantitative estimate of drug-likeness (QED) is 0.805. The van der Waals surface area contributed by atoms with Gasteiger partial charge in [0.25, 0.3) is 0 Å². The second-order valence-electron chi connectivity index (χ2n) is 5.80. The maximum atomic E-state index is 12.0. The Morgan fingerprint density at radius 3 is 2.29 bits per heavy atom. The average Bonchev–Trinajstić information content (AvgIpc) is 2.55. The normalized spacial score (nSPS) is 12.6. The summed E-state index contributed by atoms with van der Waals surface area (Å²) in [4.78, 5) is 12.1. The van der Waals surface area contributed by atoms with Crippen LogP contribution < -0.4 is 10.5 Å². The van der Waals surface area contributed by atoms with E-state index in [1.54, 1.807) is 12.1 Å². The zero-order chi connectivity index (χ0) is 17.6. The molecule has 24 heavy (non-hydrogen) atoms. The molecule has 0 aliphatic heterocycles. The molecule has 1 amide bonds. The first-order valence-corrected chi connectivity index (χ1v) is 9.34. The largest absolute Gasteiger partial charge is 0.356 e. The first-order valence-electron chi connectivity index (χ1n) is 7.79. The maximum absolute atomic E-state index is 12.0. The van der Waals surface area contributed by atoms with Crippen molar-refractivity contribution in [1.82, 2.24) is 5.32 Å². The van der Waals surface area contributed by atoms with E-state index < -0.39 is 10.0 Å². The van der Waals surface area contributed by atoms with E-state index in [1.807, 2.05) is 37.3 Å². The number of carbonyl (C=O) groups is 1. The Hall–Kier alpha value is -2.18. The number of amides is 1. The lowest BCUT2D eigenvalue weighted by molar-refractivity contribution is -0.121. The summed E-state index contributed by atoms with van der Waals surface area (Å²) in [6.07, 6.45) is 1.07. The molecule has 2 rings (SSSR count). The van der Waals surface area contributed by atoms with E-state index in [9.17, 15) is 13.2 Å². The first-order chi connectivity index (χ1) is 11.4. The summed E-state index contributed by atoms with van der Waals surface area (Å²) in [7, 11) is -3.66. The molecule has 1 atom stereocenters. The van der Waals surface area contributed by atoms with E-state index in [1.165, 1.54) is 12.1 Å². The number of nitrogens with one attached hydrogen (secondary N) is 1. The average molecular weight is 346 g/mol. The Morgan fingerprint density at radius 1 is 1.08 bits per heavy atom. The predicted octanol–water partition coefficient (Wildman–Crippen LogP) is 2.19. The molecule has 0 saturated heterocycles. The molecular formula is C18H22N2O3S. The summed E-state index contributed by atoms with van der Waals surface area (Å²) in [6, 6.07) is 16.3. The molecular weight excluding hydrogens is 324 g/mol. The van der Waals surface area contributed by atoms with Crippen molar-refractivity contribution in [2.75, 3.05) is 6.54 Å². The summed E-state index contributed by atoms with van der Waals surface area (Å²) in [5.74, 6) is 0.174. The zero-order valence-corrected chi connectivity index (χ0v) is 14.4. The second kappa shape index (κ2) is 8.08. The van der Waals surface area contributed by atoms with Gasteiger partial charge in [-0.1, -0.05) is 49.4 Å². The van der Waals surface area contributed by atoms with E-state index in [0.29, 0.717) is 19.4 Å². The molecule has 3 N–H and O–H groups in total. The summed E-state index contributed by atoms with van der Waals surface area (Å²) in [5.41, 5.74) is 2.09. The van der Waals surface area contributed by atoms with Crippen LogP contribution in [-0.4, -0.2) is 20.9 Å². The van der Waals surface area contributed by atoms with Gasteiger partial charge in [-0.3, -0.25) is 4.79 Å². The lowest BCUT2D eigenvalue weighted by Crippen LogP contribution is -2.26. The highest BCUT2D eigenvalue weighted by molar-refractivity contribution is 7.89. The van der Waals surface area contributed by atoms with E-state index in [-0.39, 0.29) is 16.7 Å². The minimum Gasteiger partial charge on any atom is -0.356 e. The highest BCUT2D eigenvalue weighted by Crippen LogP contribution is 2.18. The molecule has 6 heteroatoms. The number of hydrogen-bond donors (Lipinski definition) is 2. The maximum Gasteiger partial charge on any atom is 0.238 e. The van der Waals surface area contributed by atoms with Crippen molar-refractivity contribution in [1.29, 1.82) is 0 Å². The molecule has 2 aromatic carbocycles. The molecule has 0 spiro atoms. The molecule has 0 heterocycles. The van der Waals surface area contributed by atoms with Crippen LogP contribution in [0.15, 0.2) is 59.5 Å². The molecule has 5 nitrogen and oxygen atoms in total. The minimum atomic E-state index is -3.66. The number of sulfonamides is 1. The summed E-state index contributed by atoms with van der Waals surface area (Å²) in [6.45, 7) is 2.54. The van der Waals surface area contributed by atoms with E-state index in [4.69, 9.17) is 5.14 Å². The first kappa shape index (κ1) is 18.2. The molecule has 2 aromatic rings. The lowest BCUT2D eigenvalue weighted by Gasteiger charge is -2.12. The predicted molar refractivity (Wildman–Crippen MR) is 94.0 cm³/mol. The van der Waals surface area contributed by atoms with Crippen LogP contribution in [0.4, 0.5) is 0 Å². The van der Waals surface area contributed by atoms with Gasteiger partial charge in [0.2, 0.25) is 15.9 Å². The zero-order valence-electron chi connectivity index (χ0n) is 13.6. The Bertz CT molecular complexity index is 772. The molecule has 0 unspecified atom stereocenters. The van der Waals surface area contributed by atoms with Gasteiger partial charge >= 0.3 is 0 Å². The van der Waals surface area contributed by atoms with E-state index in [2.05, 4.69) is 5.32 Å². The van der Waals surface area contributed by atoms with Crippen molar-refractivity contribution in [3.63, 3.8) is 0 Å². The van der Waals surface area contributed by atoms with Crippen LogP contribution in [-0.2, 0) is 21.2 Å². The van der Waals surface area contributed by atoms with E-state index >= 15 is 0 Å². The van der Waals surface area contributed by atoms with Crippen molar-refractivity contribution >= 4 is 15.9 Å². The Labute approximate surface area is 142 Å². The SMILES string of the molecule is C[C@@H](CC(=O)NCCc1ccc(S(N)(=O)=O)cc1)c1ccccc1. The van der Waals surface area contributed by atoms with Crippen LogP contribution in [0.25, 0.3) is 0 Å². The van der Waals surface area contributed by atoms with Crippen molar-refractivity contribution in [3.05, 3.63) is 65.7 Å². The fraction of sp³-hybridized carbons (Fsp3) is 0.278. The van der Waals surface area contributed by atoms with Crippen molar-refractivity contribution < 1.29 is 13.2 Å². The minimum absolute atomic E-state index is 0.00695. The van der Waals surface area contributed by atoms with Crippen molar-refractivity contribution in [3.8, 4) is 0 Å². The highest BCUT2D eigenvalue weighted by Gasteiger charge is 2.11. The Balaban J connectivity index is 1.78. The molecule has 0 aliphatic rings. The van der Waals surface area contributed by atoms with Crippen molar-refractivity contribution in [2.45, 2.75) is 30.6 Å². The van der Waals surface area contributed by atoms with Crippen molar-refractivity contribution in [2.24, 2.45) is 5.14 Å². The molecule has 0 radical (unpaired) electrons. The standard InChI is InChI=1S/C18H22N2O3S/c1-14(16-5-3-2-4-6-16)13-18(21)20-12-11-15-7-9-17(10-8-15)24(19,22)23/h2-10,14H,11-13H2,1H3,(H,20,21)(H2,19,22,23)/t14-/m0/s1. The smallest absolute Gasteiger partial charge is 0.238 e. The van der Waals surface area contributed by atoms with Gasteiger partial charge in [-0.2, -0.15) is 0 Å². The monoisotopic (exact) mass is 346 g/mol. The van der Waals surface area contributed by atoms with Crippen LogP contribution in [0, 0.1) is 0 Å². The Kier molecular flexibility index (Phi) is 6.11. The number of rotatable bonds is 7. The molecule has 0 saturated carbocycles. The number of benzene rings is 2. The highest BCUT2D eigenvalue weighted by atomic mass is 32.2. The van der Waals surface area contributed by atoms with Gasteiger partial charge in [0.1, 0.15) is 0 Å². The summed E-state index contributed by atoms with van der Waals surface area (Å²) < 4.78 is 22.4. The van der Waals surface area contributed by atoms with Crippen LogP contribution in [0.5, 0.6) is 0 Å². The topological polar surface area (TPSA) is 89.3 Å². The van der Waals surface area contributed by atoms with Gasteiger partial charge in [0.15, 0.2) is 0 Å². The third kappa shape index (κ3) is 5.47. The van der Waals surface area contributed by atoms with Crippen LogP contribution in [0.2, 0.25) is 0 Å². The lowest BCUT2D eigenvalue weighted by atomic mass is 9.97. The van der Waals surface area contributed by atoms with Crippen LogP contribution >= 0.6 is 0 Å². The fourth-order valence-corrected chi connectivity index (χ4v) is 2.96. The Morgan fingerprint density at radius 2 is 1.71 bits per heavy atom. The number of hydrogen-bond acceptors (Lipinski definition) is 3.